The van der Waals surface area contributed by atoms with Crippen molar-refractivity contribution >= 4 is 0 Å². The molecule has 0 aliphatic heterocycles. The van der Waals surface area contributed by atoms with E-state index in [1.807, 2.05) is 60.8 Å². The molecule has 2 N–H and O–H groups in total. The fraction of sp³-hybridized carbons (Fsp3) is 0.0588. The maximum Gasteiger partial charge on any atom is 0.0551 e. The lowest BCUT2D eigenvalue weighted by molar-refractivity contribution is 0.936. The lowest BCUT2D eigenvalue weighted by Gasteiger charge is -2.14. The van der Waals surface area contributed by atoms with E-state index >= 15 is 0 Å². The van der Waals surface area contributed by atoms with E-state index in [9.17, 15) is 0 Å². The van der Waals surface area contributed by atoms with Crippen LogP contribution in [-0.2, 0) is 0 Å². The van der Waals surface area contributed by atoms with Crippen molar-refractivity contribution in [3.05, 3.63) is 96.2 Å². The van der Waals surface area contributed by atoms with E-state index in [-0.39, 0.29) is 6.04 Å². The van der Waals surface area contributed by atoms with Crippen LogP contribution in [0.3, 0.4) is 0 Å². The van der Waals surface area contributed by atoms with Crippen molar-refractivity contribution in [3.8, 4) is 0 Å². The first-order chi connectivity index (χ1) is 8.88. The van der Waals surface area contributed by atoms with Crippen LogP contribution in [0.25, 0.3) is 0 Å². The van der Waals surface area contributed by atoms with Crippen molar-refractivity contribution in [2.24, 2.45) is 5.73 Å². The van der Waals surface area contributed by atoms with E-state index in [0.717, 1.165) is 11.1 Å². The van der Waals surface area contributed by atoms with Crippen LogP contribution < -0.4 is 5.73 Å². The van der Waals surface area contributed by atoms with Gasteiger partial charge in [-0.3, -0.25) is 0 Å². The van der Waals surface area contributed by atoms with Gasteiger partial charge in [0.25, 0.3) is 0 Å². The molecule has 2 rings (SSSR count). The highest BCUT2D eigenvalue weighted by molar-refractivity contribution is 5.44. The zero-order valence-corrected chi connectivity index (χ0v) is 10.2. The van der Waals surface area contributed by atoms with Gasteiger partial charge < -0.3 is 5.73 Å². The van der Waals surface area contributed by atoms with Crippen LogP contribution in [-0.4, -0.2) is 6.04 Å². The van der Waals surface area contributed by atoms with Crippen LogP contribution in [0.1, 0.15) is 0 Å². The highest BCUT2D eigenvalue weighted by Crippen LogP contribution is 2.15. The Kier molecular flexibility index (Phi) is 4.51. The molecule has 1 heteroatoms. The van der Waals surface area contributed by atoms with Crippen LogP contribution in [0.15, 0.2) is 96.2 Å². The third-order valence-corrected chi connectivity index (χ3v) is 2.76. The fourth-order valence-corrected chi connectivity index (χ4v) is 1.77. The zero-order valence-electron chi connectivity index (χ0n) is 10.2. The Labute approximate surface area is 108 Å². The Balaban J connectivity index is 2.22. The second-order valence-electron chi connectivity index (χ2n) is 4.07. The Hall–Kier alpha value is -2.12. The van der Waals surface area contributed by atoms with Crippen molar-refractivity contribution in [1.29, 1.82) is 0 Å². The monoisotopic (exact) mass is 235 g/mol. The molecule has 0 atom stereocenters. The third kappa shape index (κ3) is 3.44. The molecule has 1 nitrogen and oxygen atoms in total. The number of hydrogen-bond donors (Lipinski definition) is 1. The first kappa shape index (κ1) is 12.3. The SMILES string of the molecule is NC(C1=C/C=C\C=C/C=C\1)C1=C/C=C\C=C/C=C\1. The molecular formula is C17H17N. The summed E-state index contributed by atoms with van der Waals surface area (Å²) in [5.74, 6) is 0. The number of allylic oxidation sites excluding steroid dienone is 12. The first-order valence-electron chi connectivity index (χ1n) is 6.07. The molecule has 0 heterocycles. The van der Waals surface area contributed by atoms with Crippen molar-refractivity contribution < 1.29 is 0 Å². The normalized spacial score (nSPS) is 34.6. The molecule has 0 saturated carbocycles. The average molecular weight is 235 g/mol. The van der Waals surface area contributed by atoms with Gasteiger partial charge >= 0.3 is 0 Å². The summed E-state index contributed by atoms with van der Waals surface area (Å²) >= 11 is 0. The van der Waals surface area contributed by atoms with Gasteiger partial charge in [-0.1, -0.05) is 85.1 Å². The van der Waals surface area contributed by atoms with Gasteiger partial charge in [0.1, 0.15) is 0 Å². The third-order valence-electron chi connectivity index (χ3n) is 2.76. The molecule has 2 aliphatic carbocycles. The summed E-state index contributed by atoms with van der Waals surface area (Å²) in [5.41, 5.74) is 8.51. The molecule has 0 aromatic carbocycles. The van der Waals surface area contributed by atoms with E-state index in [4.69, 9.17) is 5.73 Å². The average Bonchev–Trinajstić information content (AvgIpc) is 2.27. The van der Waals surface area contributed by atoms with Gasteiger partial charge in [-0.05, 0) is 11.1 Å². The second kappa shape index (κ2) is 6.58. The van der Waals surface area contributed by atoms with E-state index in [1.54, 1.807) is 0 Å². The van der Waals surface area contributed by atoms with Gasteiger partial charge in [-0.15, -0.1) is 0 Å². The predicted molar refractivity (Wildman–Crippen MR) is 79.0 cm³/mol. The van der Waals surface area contributed by atoms with Gasteiger partial charge in [0.2, 0.25) is 0 Å². The largest absolute Gasteiger partial charge is 0.320 e. The van der Waals surface area contributed by atoms with Crippen molar-refractivity contribution in [3.63, 3.8) is 0 Å². The lowest BCUT2D eigenvalue weighted by atomic mass is 9.96. The number of nitrogens with two attached hydrogens (primary N) is 1. The van der Waals surface area contributed by atoms with Crippen molar-refractivity contribution in [2.45, 2.75) is 6.04 Å². The summed E-state index contributed by atoms with van der Waals surface area (Å²) in [6.45, 7) is 0. The van der Waals surface area contributed by atoms with Gasteiger partial charge in [0, 0.05) is 0 Å². The topological polar surface area (TPSA) is 26.0 Å². The molecule has 0 spiro atoms. The fourth-order valence-electron chi connectivity index (χ4n) is 1.77. The molecule has 18 heavy (non-hydrogen) atoms. The summed E-state index contributed by atoms with van der Waals surface area (Å²) < 4.78 is 0. The van der Waals surface area contributed by atoms with Crippen LogP contribution in [0.4, 0.5) is 0 Å². The molecule has 0 aromatic rings. The number of hydrogen-bond acceptors (Lipinski definition) is 1. The summed E-state index contributed by atoms with van der Waals surface area (Å²) in [5, 5.41) is 0. The Morgan fingerprint density at radius 1 is 0.556 bits per heavy atom. The molecule has 2 aliphatic rings. The predicted octanol–water partition coefficient (Wildman–Crippen LogP) is 3.53. The van der Waals surface area contributed by atoms with E-state index in [1.165, 1.54) is 0 Å². The van der Waals surface area contributed by atoms with Crippen LogP contribution in [0.2, 0.25) is 0 Å². The summed E-state index contributed by atoms with van der Waals surface area (Å²) in [4.78, 5) is 0. The van der Waals surface area contributed by atoms with Crippen molar-refractivity contribution in [1.82, 2.24) is 0 Å². The van der Waals surface area contributed by atoms with E-state index < -0.39 is 0 Å². The van der Waals surface area contributed by atoms with Crippen LogP contribution in [0.5, 0.6) is 0 Å². The molecule has 0 radical (unpaired) electrons. The van der Waals surface area contributed by atoms with Gasteiger partial charge in [-0.25, -0.2) is 0 Å². The highest BCUT2D eigenvalue weighted by atomic mass is 14.6. The smallest absolute Gasteiger partial charge is 0.0551 e. The standard InChI is InChI=1S/C17H17N/c18-17(15-11-7-3-1-4-8-12-15)16-13-9-5-2-6-10-14-16/h1-14,17H,18H2/b3-1-,4-1?,5-2-,6-2?,7-3?,8-4-,9-5?,10-6-,11-7-,12-8?,13-9-,14-10?,15-11?,15-12+,16-13?,16-14+. The van der Waals surface area contributed by atoms with Crippen LogP contribution in [0, 0.1) is 0 Å². The zero-order chi connectivity index (χ0) is 12.6. The molecule has 90 valence electrons. The minimum absolute atomic E-state index is 0.107. The summed E-state index contributed by atoms with van der Waals surface area (Å²) in [6, 6.07) is -0.107. The van der Waals surface area contributed by atoms with E-state index in [2.05, 4.69) is 24.3 Å². The van der Waals surface area contributed by atoms with E-state index in [0.29, 0.717) is 0 Å². The summed E-state index contributed by atoms with van der Waals surface area (Å²) in [6.07, 6.45) is 28.3. The molecule has 0 bridgehead atoms. The number of rotatable bonds is 2. The maximum atomic E-state index is 6.31. The Bertz CT molecular complexity index is 472. The Morgan fingerprint density at radius 3 is 1.44 bits per heavy atom. The van der Waals surface area contributed by atoms with Crippen molar-refractivity contribution in [2.75, 3.05) is 0 Å². The maximum absolute atomic E-state index is 6.31. The minimum Gasteiger partial charge on any atom is -0.320 e. The molecule has 0 fully saturated rings. The first-order valence-corrected chi connectivity index (χ1v) is 6.07. The lowest BCUT2D eigenvalue weighted by Crippen LogP contribution is -2.23. The van der Waals surface area contributed by atoms with Gasteiger partial charge in [0.05, 0.1) is 6.04 Å². The molecule has 0 unspecified atom stereocenters. The molecular weight excluding hydrogens is 218 g/mol. The molecule has 0 saturated heterocycles. The molecule has 0 amide bonds. The summed E-state index contributed by atoms with van der Waals surface area (Å²) in [7, 11) is 0. The second-order valence-corrected chi connectivity index (χ2v) is 4.07. The van der Waals surface area contributed by atoms with Crippen LogP contribution >= 0.6 is 0 Å². The minimum atomic E-state index is -0.107. The quantitative estimate of drug-likeness (QED) is 0.778. The Morgan fingerprint density at radius 2 is 0.944 bits per heavy atom. The molecule has 0 aromatic heterocycles. The van der Waals surface area contributed by atoms with Gasteiger partial charge in [0.15, 0.2) is 0 Å². The highest BCUT2D eigenvalue weighted by Gasteiger charge is 2.09. The van der Waals surface area contributed by atoms with Gasteiger partial charge in [-0.2, -0.15) is 0 Å².